The summed E-state index contributed by atoms with van der Waals surface area (Å²) in [5.41, 5.74) is -0.170. The zero-order chi connectivity index (χ0) is 10.5. The minimum absolute atomic E-state index is 0.170. The Morgan fingerprint density at radius 3 is 2.08 bits per heavy atom. The first kappa shape index (κ1) is 12.9. The molecule has 0 saturated carbocycles. The molecule has 80 valence electrons. The third kappa shape index (κ3) is 3.65. The SMILES string of the molecule is CCCCCC(C)(C)C(C)(O)OC. The maximum atomic E-state index is 9.93. The summed E-state index contributed by atoms with van der Waals surface area (Å²) >= 11 is 0. The van der Waals surface area contributed by atoms with Gasteiger partial charge in [-0.15, -0.1) is 0 Å². The van der Waals surface area contributed by atoms with Gasteiger partial charge in [-0.1, -0.05) is 40.0 Å². The zero-order valence-electron chi connectivity index (χ0n) is 9.68. The molecule has 0 fully saturated rings. The molecule has 1 unspecified atom stereocenters. The van der Waals surface area contributed by atoms with E-state index in [2.05, 4.69) is 6.92 Å². The molecule has 13 heavy (non-hydrogen) atoms. The van der Waals surface area contributed by atoms with Gasteiger partial charge in [-0.25, -0.2) is 0 Å². The lowest BCUT2D eigenvalue weighted by molar-refractivity contribution is -0.240. The average molecular weight is 188 g/mol. The maximum Gasteiger partial charge on any atom is 0.167 e. The van der Waals surface area contributed by atoms with E-state index >= 15 is 0 Å². The van der Waals surface area contributed by atoms with Crippen molar-refractivity contribution in [2.75, 3.05) is 7.11 Å². The number of ether oxygens (including phenoxy) is 1. The molecule has 1 N–H and O–H groups in total. The number of methoxy groups -OCH3 is 1. The lowest BCUT2D eigenvalue weighted by Gasteiger charge is -2.38. The van der Waals surface area contributed by atoms with Crippen LogP contribution in [0.5, 0.6) is 0 Å². The number of hydrogen-bond acceptors (Lipinski definition) is 2. The van der Waals surface area contributed by atoms with Crippen LogP contribution in [0.4, 0.5) is 0 Å². The average Bonchev–Trinajstić information content (AvgIpc) is 2.04. The van der Waals surface area contributed by atoms with Crippen LogP contribution in [0.25, 0.3) is 0 Å². The van der Waals surface area contributed by atoms with Crippen LogP contribution in [0.3, 0.4) is 0 Å². The molecular weight excluding hydrogens is 164 g/mol. The highest BCUT2D eigenvalue weighted by atomic mass is 16.6. The fourth-order valence-electron chi connectivity index (χ4n) is 1.33. The van der Waals surface area contributed by atoms with Crippen LogP contribution in [-0.2, 0) is 4.74 Å². The first-order chi connectivity index (χ1) is 5.87. The monoisotopic (exact) mass is 188 g/mol. The van der Waals surface area contributed by atoms with Gasteiger partial charge in [0.15, 0.2) is 5.79 Å². The third-order valence-electron chi connectivity index (χ3n) is 3.06. The second kappa shape index (κ2) is 4.97. The Morgan fingerprint density at radius 1 is 1.15 bits per heavy atom. The van der Waals surface area contributed by atoms with E-state index in [-0.39, 0.29) is 5.41 Å². The van der Waals surface area contributed by atoms with Crippen molar-refractivity contribution in [3.8, 4) is 0 Å². The smallest absolute Gasteiger partial charge is 0.167 e. The van der Waals surface area contributed by atoms with Crippen molar-refractivity contribution in [1.29, 1.82) is 0 Å². The highest BCUT2D eigenvalue weighted by molar-refractivity contribution is 4.81. The molecule has 0 aliphatic heterocycles. The number of hydrogen-bond donors (Lipinski definition) is 1. The summed E-state index contributed by atoms with van der Waals surface area (Å²) in [4.78, 5) is 0. The molecule has 0 rings (SSSR count). The van der Waals surface area contributed by atoms with Crippen LogP contribution in [0, 0.1) is 5.41 Å². The van der Waals surface area contributed by atoms with Gasteiger partial charge in [0.1, 0.15) is 0 Å². The summed E-state index contributed by atoms with van der Waals surface area (Å²) in [6.07, 6.45) is 4.60. The lowest BCUT2D eigenvalue weighted by Crippen LogP contribution is -2.43. The number of rotatable bonds is 6. The first-order valence-corrected chi connectivity index (χ1v) is 5.15. The van der Waals surface area contributed by atoms with Crippen molar-refractivity contribution in [2.24, 2.45) is 5.41 Å². The van der Waals surface area contributed by atoms with Gasteiger partial charge in [0.2, 0.25) is 0 Å². The number of unbranched alkanes of at least 4 members (excludes halogenated alkanes) is 2. The molecule has 0 aliphatic rings. The van der Waals surface area contributed by atoms with Crippen molar-refractivity contribution in [1.82, 2.24) is 0 Å². The van der Waals surface area contributed by atoms with Gasteiger partial charge >= 0.3 is 0 Å². The minimum Gasteiger partial charge on any atom is -0.365 e. The van der Waals surface area contributed by atoms with Crippen LogP contribution < -0.4 is 0 Å². The quantitative estimate of drug-likeness (QED) is 0.513. The standard InChI is InChI=1S/C11H24O2/c1-6-7-8-9-10(2,3)11(4,12)13-5/h12H,6-9H2,1-5H3. The second-order valence-corrected chi connectivity index (χ2v) is 4.53. The van der Waals surface area contributed by atoms with Crippen LogP contribution in [0.2, 0.25) is 0 Å². The van der Waals surface area contributed by atoms with Crippen LogP contribution in [0.15, 0.2) is 0 Å². The van der Waals surface area contributed by atoms with Crippen molar-refractivity contribution >= 4 is 0 Å². The summed E-state index contributed by atoms with van der Waals surface area (Å²) < 4.78 is 5.09. The van der Waals surface area contributed by atoms with Gasteiger partial charge in [-0.05, 0) is 13.3 Å². The molecule has 0 amide bonds. The lowest BCUT2D eigenvalue weighted by atomic mass is 9.79. The van der Waals surface area contributed by atoms with Crippen molar-refractivity contribution in [2.45, 2.75) is 59.2 Å². The normalized spacial score (nSPS) is 17.1. The van der Waals surface area contributed by atoms with E-state index in [4.69, 9.17) is 4.74 Å². The molecule has 0 heterocycles. The molecule has 0 bridgehead atoms. The molecule has 0 radical (unpaired) electrons. The van der Waals surface area contributed by atoms with E-state index in [9.17, 15) is 5.11 Å². The Kier molecular flexibility index (Phi) is 4.93. The van der Waals surface area contributed by atoms with E-state index in [1.165, 1.54) is 12.8 Å². The Morgan fingerprint density at radius 2 is 1.69 bits per heavy atom. The van der Waals surface area contributed by atoms with Gasteiger partial charge in [0.05, 0.1) is 0 Å². The third-order valence-corrected chi connectivity index (χ3v) is 3.06. The van der Waals surface area contributed by atoms with Crippen LogP contribution in [0.1, 0.15) is 53.4 Å². The van der Waals surface area contributed by atoms with Gasteiger partial charge in [0, 0.05) is 12.5 Å². The summed E-state index contributed by atoms with van der Waals surface area (Å²) in [6.45, 7) is 8.01. The Bertz CT molecular complexity index is 139. The van der Waals surface area contributed by atoms with Crippen molar-refractivity contribution in [3.63, 3.8) is 0 Å². The van der Waals surface area contributed by atoms with Crippen molar-refractivity contribution < 1.29 is 9.84 Å². The summed E-state index contributed by atoms with van der Waals surface area (Å²) in [7, 11) is 1.56. The summed E-state index contributed by atoms with van der Waals surface area (Å²) in [5, 5.41) is 9.93. The fourth-order valence-corrected chi connectivity index (χ4v) is 1.33. The largest absolute Gasteiger partial charge is 0.365 e. The minimum atomic E-state index is -1.01. The highest BCUT2D eigenvalue weighted by Gasteiger charge is 2.38. The first-order valence-electron chi connectivity index (χ1n) is 5.15. The number of aliphatic hydroxyl groups is 1. The fraction of sp³-hybridized carbons (Fsp3) is 1.00. The zero-order valence-corrected chi connectivity index (χ0v) is 9.68. The summed E-state index contributed by atoms with van der Waals surface area (Å²) in [5.74, 6) is -1.01. The highest BCUT2D eigenvalue weighted by Crippen LogP contribution is 2.36. The Hall–Kier alpha value is -0.0800. The molecule has 0 aromatic rings. The summed E-state index contributed by atoms with van der Waals surface area (Å²) in [6, 6.07) is 0. The van der Waals surface area contributed by atoms with Gasteiger partial charge in [-0.3, -0.25) is 0 Å². The van der Waals surface area contributed by atoms with E-state index in [0.29, 0.717) is 0 Å². The van der Waals surface area contributed by atoms with E-state index < -0.39 is 5.79 Å². The predicted octanol–water partition coefficient (Wildman–Crippen LogP) is 2.95. The maximum absolute atomic E-state index is 9.93. The van der Waals surface area contributed by atoms with Crippen LogP contribution >= 0.6 is 0 Å². The molecule has 0 saturated heterocycles. The van der Waals surface area contributed by atoms with E-state index in [1.54, 1.807) is 14.0 Å². The second-order valence-electron chi connectivity index (χ2n) is 4.53. The van der Waals surface area contributed by atoms with E-state index in [0.717, 1.165) is 12.8 Å². The van der Waals surface area contributed by atoms with Crippen LogP contribution in [-0.4, -0.2) is 18.0 Å². The molecular formula is C11H24O2. The Balaban J connectivity index is 4.06. The molecule has 0 aromatic carbocycles. The molecule has 0 aromatic heterocycles. The Labute approximate surface area is 82.3 Å². The molecule has 1 atom stereocenters. The van der Waals surface area contributed by atoms with Crippen molar-refractivity contribution in [3.05, 3.63) is 0 Å². The molecule has 2 nitrogen and oxygen atoms in total. The molecule has 2 heteroatoms. The molecule has 0 aliphatic carbocycles. The van der Waals surface area contributed by atoms with E-state index in [1.807, 2.05) is 13.8 Å². The predicted molar refractivity (Wildman–Crippen MR) is 55.6 cm³/mol. The topological polar surface area (TPSA) is 29.5 Å². The van der Waals surface area contributed by atoms with Gasteiger partial charge in [-0.2, -0.15) is 0 Å². The van der Waals surface area contributed by atoms with Gasteiger partial charge < -0.3 is 9.84 Å². The molecule has 0 spiro atoms. The van der Waals surface area contributed by atoms with Gasteiger partial charge in [0.25, 0.3) is 0 Å².